The van der Waals surface area contributed by atoms with Gasteiger partial charge in [-0.2, -0.15) is 0 Å². The van der Waals surface area contributed by atoms with E-state index in [9.17, 15) is 0 Å². The first-order valence-corrected chi connectivity index (χ1v) is 9.22. The molecule has 1 rings (SSSR count). The molecule has 1 aromatic rings. The van der Waals surface area contributed by atoms with E-state index in [-0.39, 0.29) is 0 Å². The Morgan fingerprint density at radius 1 is 1.10 bits per heavy atom. The Kier molecular flexibility index (Phi) is 10.3. The molecule has 0 aromatic heterocycles. The van der Waals surface area contributed by atoms with Crippen molar-refractivity contribution < 1.29 is 0 Å². The lowest BCUT2D eigenvalue weighted by molar-refractivity contribution is 0.549. The molecule has 0 aliphatic carbocycles. The molecule has 0 amide bonds. The predicted molar refractivity (Wildman–Crippen MR) is 92.8 cm³/mol. The second kappa shape index (κ2) is 11.5. The fourth-order valence-electron chi connectivity index (χ4n) is 2.21. The summed E-state index contributed by atoms with van der Waals surface area (Å²) < 4.78 is 0. The molecular weight excluding hydrogens is 286 g/mol. The van der Waals surface area contributed by atoms with Gasteiger partial charge in [-0.15, -0.1) is 11.8 Å². The van der Waals surface area contributed by atoms with Gasteiger partial charge in [-0.3, -0.25) is 0 Å². The van der Waals surface area contributed by atoms with E-state index in [0.29, 0.717) is 6.04 Å². The Balaban J connectivity index is 2.01. The molecule has 2 N–H and O–H groups in total. The maximum Gasteiger partial charge on any atom is 0.0417 e. The van der Waals surface area contributed by atoms with Gasteiger partial charge in [0.05, 0.1) is 0 Å². The number of nitrogens with two attached hydrogens (primary N) is 1. The van der Waals surface area contributed by atoms with Crippen LogP contribution in [0, 0.1) is 0 Å². The monoisotopic (exact) mass is 313 g/mol. The zero-order valence-electron chi connectivity index (χ0n) is 12.6. The summed E-state index contributed by atoms with van der Waals surface area (Å²) in [6.07, 6.45) is 10.6. The Hall–Kier alpha value is -0.180. The van der Waals surface area contributed by atoms with Crippen LogP contribution < -0.4 is 5.73 Å². The third-order valence-corrected chi connectivity index (χ3v) is 4.86. The summed E-state index contributed by atoms with van der Waals surface area (Å²) in [5.74, 6) is 0.982. The standard InChI is InChI=1S/C17H28ClNS/c1-2-3-4-5-6-7-8-11-16(19)14-20-17-12-9-10-15(18)13-17/h9-10,12-13,16H,2-8,11,14,19H2,1H3. The highest BCUT2D eigenvalue weighted by molar-refractivity contribution is 7.99. The molecule has 0 spiro atoms. The van der Waals surface area contributed by atoms with Crippen LogP contribution in [0.5, 0.6) is 0 Å². The summed E-state index contributed by atoms with van der Waals surface area (Å²) in [5, 5.41) is 0.802. The van der Waals surface area contributed by atoms with Crippen LogP contribution in [-0.2, 0) is 0 Å². The van der Waals surface area contributed by atoms with Crippen molar-refractivity contribution in [2.45, 2.75) is 69.2 Å². The number of benzene rings is 1. The lowest BCUT2D eigenvalue weighted by atomic mass is 10.1. The minimum atomic E-state index is 0.301. The van der Waals surface area contributed by atoms with Gasteiger partial charge in [0.15, 0.2) is 0 Å². The van der Waals surface area contributed by atoms with Crippen molar-refractivity contribution in [2.75, 3.05) is 5.75 Å². The molecule has 1 atom stereocenters. The van der Waals surface area contributed by atoms with E-state index in [4.69, 9.17) is 17.3 Å². The molecule has 0 aliphatic heterocycles. The van der Waals surface area contributed by atoms with Crippen molar-refractivity contribution in [1.29, 1.82) is 0 Å². The normalized spacial score (nSPS) is 12.6. The topological polar surface area (TPSA) is 26.0 Å². The average molecular weight is 314 g/mol. The van der Waals surface area contributed by atoms with Crippen molar-refractivity contribution in [2.24, 2.45) is 5.73 Å². The van der Waals surface area contributed by atoms with Gasteiger partial charge in [0.2, 0.25) is 0 Å². The summed E-state index contributed by atoms with van der Waals surface area (Å²) in [7, 11) is 0. The van der Waals surface area contributed by atoms with Crippen LogP contribution in [0.3, 0.4) is 0 Å². The molecule has 0 bridgehead atoms. The SMILES string of the molecule is CCCCCCCCCC(N)CSc1cccc(Cl)c1. The minimum Gasteiger partial charge on any atom is -0.327 e. The number of thioether (sulfide) groups is 1. The predicted octanol–water partition coefficient (Wildman–Crippen LogP) is 5.90. The van der Waals surface area contributed by atoms with E-state index in [1.165, 1.54) is 49.8 Å². The molecule has 0 radical (unpaired) electrons. The van der Waals surface area contributed by atoms with Crippen molar-refractivity contribution in [3.63, 3.8) is 0 Å². The van der Waals surface area contributed by atoms with E-state index in [1.807, 2.05) is 30.0 Å². The molecule has 3 heteroatoms. The smallest absolute Gasteiger partial charge is 0.0417 e. The summed E-state index contributed by atoms with van der Waals surface area (Å²) in [6.45, 7) is 2.26. The average Bonchev–Trinajstić information content (AvgIpc) is 2.44. The largest absolute Gasteiger partial charge is 0.327 e. The van der Waals surface area contributed by atoms with Gasteiger partial charge in [0, 0.05) is 21.7 Å². The van der Waals surface area contributed by atoms with Gasteiger partial charge in [-0.1, -0.05) is 69.5 Å². The number of hydrogen-bond acceptors (Lipinski definition) is 2. The van der Waals surface area contributed by atoms with Gasteiger partial charge in [0.1, 0.15) is 0 Å². The second-order valence-electron chi connectivity index (χ2n) is 5.44. The lowest BCUT2D eigenvalue weighted by Gasteiger charge is -2.11. The molecular formula is C17H28ClNS. The molecule has 0 fully saturated rings. The molecule has 114 valence electrons. The third-order valence-electron chi connectivity index (χ3n) is 3.44. The first-order valence-electron chi connectivity index (χ1n) is 7.86. The molecule has 0 saturated carbocycles. The number of hydrogen-bond donors (Lipinski definition) is 1. The van der Waals surface area contributed by atoms with E-state index >= 15 is 0 Å². The van der Waals surface area contributed by atoms with Crippen molar-refractivity contribution in [1.82, 2.24) is 0 Å². The van der Waals surface area contributed by atoms with E-state index in [0.717, 1.165) is 17.2 Å². The summed E-state index contributed by atoms with van der Waals surface area (Å²) in [5.41, 5.74) is 6.17. The maximum absolute atomic E-state index is 6.17. The van der Waals surface area contributed by atoms with Crippen molar-refractivity contribution in [3.8, 4) is 0 Å². The fraction of sp³-hybridized carbons (Fsp3) is 0.647. The van der Waals surface area contributed by atoms with Crippen LogP contribution >= 0.6 is 23.4 Å². The molecule has 20 heavy (non-hydrogen) atoms. The zero-order chi connectivity index (χ0) is 14.6. The van der Waals surface area contributed by atoms with E-state index < -0.39 is 0 Å². The van der Waals surface area contributed by atoms with Gasteiger partial charge >= 0.3 is 0 Å². The minimum absolute atomic E-state index is 0.301. The highest BCUT2D eigenvalue weighted by Crippen LogP contribution is 2.22. The molecule has 1 nitrogen and oxygen atoms in total. The van der Waals surface area contributed by atoms with Gasteiger partial charge < -0.3 is 5.73 Å². The quantitative estimate of drug-likeness (QED) is 0.406. The molecule has 1 aromatic carbocycles. The van der Waals surface area contributed by atoms with Gasteiger partial charge in [-0.05, 0) is 24.6 Å². The van der Waals surface area contributed by atoms with Crippen molar-refractivity contribution >= 4 is 23.4 Å². The van der Waals surface area contributed by atoms with E-state index in [2.05, 4.69) is 13.0 Å². The summed E-state index contributed by atoms with van der Waals surface area (Å²) in [4.78, 5) is 1.22. The lowest BCUT2D eigenvalue weighted by Crippen LogP contribution is -2.22. The number of halogens is 1. The Labute approximate surface area is 133 Å². The molecule has 0 saturated heterocycles. The molecule has 0 heterocycles. The van der Waals surface area contributed by atoms with Crippen molar-refractivity contribution in [3.05, 3.63) is 29.3 Å². The molecule has 0 aliphatic rings. The van der Waals surface area contributed by atoms with Gasteiger partial charge in [-0.25, -0.2) is 0 Å². The fourth-order valence-corrected chi connectivity index (χ4v) is 3.42. The van der Waals surface area contributed by atoms with Crippen LogP contribution in [0.1, 0.15) is 58.3 Å². The Morgan fingerprint density at radius 3 is 2.50 bits per heavy atom. The van der Waals surface area contributed by atoms with Crippen LogP contribution in [0.25, 0.3) is 0 Å². The summed E-state index contributed by atoms with van der Waals surface area (Å²) in [6, 6.07) is 8.30. The molecule has 1 unspecified atom stereocenters. The maximum atomic E-state index is 6.17. The van der Waals surface area contributed by atoms with Gasteiger partial charge in [0.25, 0.3) is 0 Å². The first-order chi connectivity index (χ1) is 9.72. The second-order valence-corrected chi connectivity index (χ2v) is 6.97. The first kappa shape index (κ1) is 17.9. The highest BCUT2D eigenvalue weighted by Gasteiger charge is 2.04. The highest BCUT2D eigenvalue weighted by atomic mass is 35.5. The Morgan fingerprint density at radius 2 is 1.80 bits per heavy atom. The van der Waals surface area contributed by atoms with Crippen LogP contribution in [0.2, 0.25) is 5.02 Å². The van der Waals surface area contributed by atoms with E-state index in [1.54, 1.807) is 0 Å². The number of rotatable bonds is 11. The number of unbranched alkanes of at least 4 members (excludes halogenated alkanes) is 6. The Bertz CT molecular complexity index is 357. The third kappa shape index (κ3) is 8.89. The van der Waals surface area contributed by atoms with Crippen LogP contribution in [-0.4, -0.2) is 11.8 Å². The van der Waals surface area contributed by atoms with Crippen LogP contribution in [0.4, 0.5) is 0 Å². The van der Waals surface area contributed by atoms with Crippen LogP contribution in [0.15, 0.2) is 29.2 Å². The summed E-state index contributed by atoms with van der Waals surface area (Å²) >= 11 is 7.78. The zero-order valence-corrected chi connectivity index (χ0v) is 14.2.